The molecule has 1 aliphatic heterocycles. The van der Waals surface area contributed by atoms with Crippen molar-refractivity contribution in [2.75, 3.05) is 18.4 Å². The highest BCUT2D eigenvalue weighted by atomic mass is 19.1. The third kappa shape index (κ3) is 3.69. The van der Waals surface area contributed by atoms with Crippen molar-refractivity contribution in [3.05, 3.63) is 48.0 Å². The molecule has 142 valence electrons. The van der Waals surface area contributed by atoms with Crippen LogP contribution in [0.5, 0.6) is 0 Å². The Balaban J connectivity index is 1.82. The number of fused-ring (bicyclic) bond motifs is 1. The molecule has 3 N–H and O–H groups in total. The fraction of sp³-hybridized carbons (Fsp3) is 0.409. The summed E-state index contributed by atoms with van der Waals surface area (Å²) in [5, 5.41) is 7.67. The lowest BCUT2D eigenvalue weighted by Gasteiger charge is -2.30. The molecule has 0 radical (unpaired) electrons. The van der Waals surface area contributed by atoms with Gasteiger partial charge in [-0.2, -0.15) is 0 Å². The standard InChI is InChI=1S/C22H27FN4/c1-22(2,3)27-19-12-15(4-5-16(19)14-6-9-24-10-7-14)17-8-11-25-21-20(17)18(23)13-26-21/h4-5,8,11-14,24,27H,6-7,9-10H2,1-3H3,(H,25,26). The van der Waals surface area contributed by atoms with Crippen LogP contribution in [0.4, 0.5) is 10.1 Å². The Labute approximate surface area is 159 Å². The van der Waals surface area contributed by atoms with E-state index in [1.807, 2.05) is 6.07 Å². The van der Waals surface area contributed by atoms with Crippen molar-refractivity contribution in [2.45, 2.75) is 45.1 Å². The first kappa shape index (κ1) is 18.0. The number of hydrogen-bond donors (Lipinski definition) is 3. The van der Waals surface area contributed by atoms with Crippen LogP contribution in [0.25, 0.3) is 22.2 Å². The number of aromatic amines is 1. The van der Waals surface area contributed by atoms with Crippen LogP contribution in [0.1, 0.15) is 45.1 Å². The highest BCUT2D eigenvalue weighted by Gasteiger charge is 2.22. The fourth-order valence-corrected chi connectivity index (χ4v) is 3.98. The van der Waals surface area contributed by atoms with Gasteiger partial charge in [-0.25, -0.2) is 9.37 Å². The Morgan fingerprint density at radius 3 is 2.67 bits per heavy atom. The van der Waals surface area contributed by atoms with Crippen molar-refractivity contribution >= 4 is 16.7 Å². The summed E-state index contributed by atoms with van der Waals surface area (Å²) >= 11 is 0. The molecule has 1 saturated heterocycles. The van der Waals surface area contributed by atoms with E-state index in [4.69, 9.17) is 0 Å². The van der Waals surface area contributed by atoms with E-state index in [2.05, 4.69) is 59.6 Å². The topological polar surface area (TPSA) is 52.7 Å². The summed E-state index contributed by atoms with van der Waals surface area (Å²) in [6.45, 7) is 8.62. The van der Waals surface area contributed by atoms with E-state index >= 15 is 0 Å². The summed E-state index contributed by atoms with van der Waals surface area (Å²) in [6, 6.07) is 8.39. The van der Waals surface area contributed by atoms with E-state index in [0.29, 0.717) is 17.0 Å². The van der Waals surface area contributed by atoms with Gasteiger partial charge in [-0.1, -0.05) is 12.1 Å². The van der Waals surface area contributed by atoms with Gasteiger partial charge in [0.25, 0.3) is 0 Å². The number of anilines is 1. The summed E-state index contributed by atoms with van der Waals surface area (Å²) in [5.41, 5.74) is 4.91. The van der Waals surface area contributed by atoms with Crippen LogP contribution in [0.2, 0.25) is 0 Å². The maximum Gasteiger partial charge on any atom is 0.150 e. The highest BCUT2D eigenvalue weighted by Crippen LogP contribution is 2.37. The largest absolute Gasteiger partial charge is 0.380 e. The zero-order valence-electron chi connectivity index (χ0n) is 16.2. The molecular formula is C22H27FN4. The molecule has 3 heterocycles. The number of pyridine rings is 1. The second-order valence-corrected chi connectivity index (χ2v) is 8.42. The first-order chi connectivity index (χ1) is 12.9. The molecule has 0 aliphatic carbocycles. The molecular weight excluding hydrogens is 339 g/mol. The SMILES string of the molecule is CC(C)(C)Nc1cc(-c2ccnc3[nH]cc(F)c23)ccc1C1CCNCC1. The third-order valence-corrected chi connectivity index (χ3v) is 5.18. The minimum Gasteiger partial charge on any atom is -0.380 e. The molecule has 4 rings (SSSR count). The Morgan fingerprint density at radius 2 is 1.93 bits per heavy atom. The van der Waals surface area contributed by atoms with Gasteiger partial charge in [-0.15, -0.1) is 0 Å². The van der Waals surface area contributed by atoms with Crippen molar-refractivity contribution in [1.82, 2.24) is 15.3 Å². The number of nitrogens with zero attached hydrogens (tertiary/aromatic N) is 1. The minimum atomic E-state index is -0.263. The molecule has 2 aromatic heterocycles. The molecule has 0 saturated carbocycles. The van der Waals surface area contributed by atoms with E-state index < -0.39 is 0 Å². The molecule has 4 nitrogen and oxygen atoms in total. The van der Waals surface area contributed by atoms with Crippen molar-refractivity contribution in [3.8, 4) is 11.1 Å². The minimum absolute atomic E-state index is 0.0484. The molecule has 0 bridgehead atoms. The Bertz CT molecular complexity index is 949. The van der Waals surface area contributed by atoms with Gasteiger partial charge in [0, 0.05) is 23.6 Å². The number of hydrogen-bond acceptors (Lipinski definition) is 3. The number of H-pyrrole nitrogens is 1. The predicted octanol–water partition coefficient (Wildman–Crippen LogP) is 5.05. The van der Waals surface area contributed by atoms with Gasteiger partial charge in [0.05, 0.1) is 5.39 Å². The van der Waals surface area contributed by atoms with Crippen LogP contribution >= 0.6 is 0 Å². The Kier molecular flexibility index (Phi) is 4.64. The lowest BCUT2D eigenvalue weighted by molar-refractivity contribution is 0.460. The number of aromatic nitrogens is 2. The average Bonchev–Trinajstić information content (AvgIpc) is 3.02. The number of rotatable bonds is 3. The van der Waals surface area contributed by atoms with Crippen LogP contribution in [0.15, 0.2) is 36.7 Å². The van der Waals surface area contributed by atoms with Gasteiger partial charge in [0.1, 0.15) is 5.65 Å². The zero-order valence-corrected chi connectivity index (χ0v) is 16.2. The van der Waals surface area contributed by atoms with E-state index in [1.54, 1.807) is 6.20 Å². The molecule has 0 spiro atoms. The number of halogens is 1. The first-order valence-corrected chi connectivity index (χ1v) is 9.67. The first-order valence-electron chi connectivity index (χ1n) is 9.67. The maximum absolute atomic E-state index is 14.3. The summed E-state index contributed by atoms with van der Waals surface area (Å²) in [7, 11) is 0. The van der Waals surface area contributed by atoms with Gasteiger partial charge in [-0.3, -0.25) is 0 Å². The fourth-order valence-electron chi connectivity index (χ4n) is 3.98. The molecule has 1 aliphatic rings. The van der Waals surface area contributed by atoms with Gasteiger partial charge >= 0.3 is 0 Å². The third-order valence-electron chi connectivity index (χ3n) is 5.18. The van der Waals surface area contributed by atoms with Crippen LogP contribution in [-0.4, -0.2) is 28.6 Å². The maximum atomic E-state index is 14.3. The lowest BCUT2D eigenvalue weighted by Crippen LogP contribution is -2.29. The van der Waals surface area contributed by atoms with Gasteiger partial charge in [0.15, 0.2) is 5.82 Å². The normalized spacial score (nSPS) is 16.0. The lowest BCUT2D eigenvalue weighted by atomic mass is 9.87. The summed E-state index contributed by atoms with van der Waals surface area (Å²) in [4.78, 5) is 7.15. The van der Waals surface area contributed by atoms with Crippen molar-refractivity contribution in [2.24, 2.45) is 0 Å². The van der Waals surface area contributed by atoms with E-state index in [9.17, 15) is 4.39 Å². The van der Waals surface area contributed by atoms with E-state index in [-0.39, 0.29) is 11.4 Å². The molecule has 0 atom stereocenters. The van der Waals surface area contributed by atoms with Crippen LogP contribution in [0.3, 0.4) is 0 Å². The number of piperidine rings is 1. The van der Waals surface area contributed by atoms with E-state index in [1.165, 1.54) is 11.8 Å². The van der Waals surface area contributed by atoms with E-state index in [0.717, 1.165) is 42.7 Å². The van der Waals surface area contributed by atoms with Gasteiger partial charge in [0.2, 0.25) is 0 Å². The Hall–Kier alpha value is -2.40. The number of benzene rings is 1. The molecule has 0 unspecified atom stereocenters. The average molecular weight is 366 g/mol. The van der Waals surface area contributed by atoms with Crippen molar-refractivity contribution in [1.29, 1.82) is 0 Å². The quantitative estimate of drug-likeness (QED) is 0.608. The monoisotopic (exact) mass is 366 g/mol. The summed E-state index contributed by atoms with van der Waals surface area (Å²) in [6.07, 6.45) is 5.39. The predicted molar refractivity (Wildman–Crippen MR) is 110 cm³/mol. The Morgan fingerprint density at radius 1 is 1.15 bits per heavy atom. The zero-order chi connectivity index (χ0) is 19.0. The van der Waals surface area contributed by atoms with Crippen LogP contribution in [-0.2, 0) is 0 Å². The van der Waals surface area contributed by atoms with Gasteiger partial charge in [-0.05, 0) is 81.4 Å². The molecule has 3 aromatic rings. The van der Waals surface area contributed by atoms with Crippen molar-refractivity contribution in [3.63, 3.8) is 0 Å². The van der Waals surface area contributed by atoms with Crippen LogP contribution < -0.4 is 10.6 Å². The smallest absolute Gasteiger partial charge is 0.150 e. The molecule has 27 heavy (non-hydrogen) atoms. The second-order valence-electron chi connectivity index (χ2n) is 8.42. The van der Waals surface area contributed by atoms with Crippen LogP contribution in [0, 0.1) is 5.82 Å². The molecule has 5 heteroatoms. The number of nitrogens with one attached hydrogen (secondary N) is 3. The van der Waals surface area contributed by atoms with Crippen molar-refractivity contribution < 1.29 is 4.39 Å². The molecule has 0 amide bonds. The summed E-state index contributed by atoms with van der Waals surface area (Å²) in [5.74, 6) is 0.285. The van der Waals surface area contributed by atoms with Gasteiger partial charge < -0.3 is 15.6 Å². The summed E-state index contributed by atoms with van der Waals surface area (Å²) < 4.78 is 14.3. The highest BCUT2D eigenvalue weighted by molar-refractivity contribution is 5.94. The second kappa shape index (κ2) is 6.97. The molecule has 1 fully saturated rings. The molecule has 1 aromatic carbocycles.